The van der Waals surface area contributed by atoms with E-state index in [9.17, 15) is 4.79 Å². The molecule has 0 bridgehead atoms. The molecule has 0 fully saturated rings. The van der Waals surface area contributed by atoms with Crippen LogP contribution < -0.4 is 0 Å². The first-order valence-electron chi connectivity index (χ1n) is 7.05. The average Bonchev–Trinajstić information content (AvgIpc) is 2.57. The number of hydrogen-bond acceptors (Lipinski definition) is 2. The number of carboxylic acid groups (broad SMARTS) is 1. The minimum absolute atomic E-state index is 0.0396. The lowest BCUT2D eigenvalue weighted by Gasteiger charge is -2.18. The number of nitrogens with zero attached hydrogens (tertiary/aromatic N) is 1. The number of aromatic nitrogens is 1. The molecule has 108 valence electrons. The molecule has 2 aromatic carbocycles. The maximum absolute atomic E-state index is 11.0. The third-order valence-corrected chi connectivity index (χ3v) is 3.60. The molecule has 3 heteroatoms. The van der Waals surface area contributed by atoms with Crippen LogP contribution in [0.1, 0.15) is 33.1 Å². The highest BCUT2D eigenvalue weighted by atomic mass is 16.4. The minimum Gasteiger partial charge on any atom is -0.477 e. The van der Waals surface area contributed by atoms with Gasteiger partial charge < -0.3 is 5.11 Å². The number of benzene rings is 2. The summed E-state index contributed by atoms with van der Waals surface area (Å²) in [4.78, 5) is 15.0. The lowest BCUT2D eigenvalue weighted by Crippen LogP contribution is -2.06. The first-order chi connectivity index (χ1) is 10.8. The monoisotopic (exact) mass is 289 g/mol. The molecule has 0 aliphatic carbocycles. The molecule has 3 aromatic rings. The molecule has 22 heavy (non-hydrogen) atoms. The van der Waals surface area contributed by atoms with Gasteiger partial charge in [0, 0.05) is 12.1 Å². The molecule has 0 saturated carbocycles. The predicted octanol–water partition coefficient (Wildman–Crippen LogP) is 3.96. The van der Waals surface area contributed by atoms with E-state index in [0.717, 1.165) is 16.7 Å². The summed E-state index contributed by atoms with van der Waals surface area (Å²) in [5.74, 6) is -0.972. The maximum Gasteiger partial charge on any atom is 0.354 e. The van der Waals surface area contributed by atoms with Crippen LogP contribution in [-0.2, 0) is 0 Å². The van der Waals surface area contributed by atoms with Gasteiger partial charge in [0.25, 0.3) is 0 Å². The lowest BCUT2D eigenvalue weighted by molar-refractivity contribution is 0.0690. The van der Waals surface area contributed by atoms with E-state index in [1.165, 1.54) is 0 Å². The summed E-state index contributed by atoms with van der Waals surface area (Å²) in [6.07, 6.45) is 1.65. The van der Waals surface area contributed by atoms with Crippen LogP contribution in [0.2, 0.25) is 0 Å². The molecule has 0 radical (unpaired) electrons. The van der Waals surface area contributed by atoms with Crippen LogP contribution in [0.5, 0.6) is 0 Å². The smallest absolute Gasteiger partial charge is 0.354 e. The quantitative estimate of drug-likeness (QED) is 0.791. The van der Waals surface area contributed by atoms with E-state index in [4.69, 9.17) is 5.11 Å². The van der Waals surface area contributed by atoms with Crippen LogP contribution in [0, 0.1) is 0 Å². The van der Waals surface area contributed by atoms with Gasteiger partial charge in [0.2, 0.25) is 0 Å². The van der Waals surface area contributed by atoms with Gasteiger partial charge in [-0.05, 0) is 22.8 Å². The van der Waals surface area contributed by atoms with Crippen LogP contribution >= 0.6 is 0 Å². The lowest BCUT2D eigenvalue weighted by atomic mass is 9.86. The fraction of sp³-hybridized carbons (Fsp3) is 0.0526. The third kappa shape index (κ3) is 2.88. The fourth-order valence-electron chi connectivity index (χ4n) is 2.57. The number of hydrogen-bond donors (Lipinski definition) is 1. The highest BCUT2D eigenvalue weighted by molar-refractivity contribution is 5.85. The first-order valence-corrected chi connectivity index (χ1v) is 7.05. The summed E-state index contributed by atoms with van der Waals surface area (Å²) >= 11 is 0. The maximum atomic E-state index is 11.0. The van der Waals surface area contributed by atoms with Crippen molar-refractivity contribution in [2.24, 2.45) is 0 Å². The van der Waals surface area contributed by atoms with E-state index in [0.29, 0.717) is 0 Å². The van der Waals surface area contributed by atoms with Crippen molar-refractivity contribution in [3.63, 3.8) is 0 Å². The van der Waals surface area contributed by atoms with Crippen LogP contribution in [0.25, 0.3) is 0 Å². The van der Waals surface area contributed by atoms with Gasteiger partial charge in [-0.15, -0.1) is 0 Å². The van der Waals surface area contributed by atoms with Crippen molar-refractivity contribution >= 4 is 5.97 Å². The Kier molecular flexibility index (Phi) is 3.97. The van der Waals surface area contributed by atoms with E-state index >= 15 is 0 Å². The van der Waals surface area contributed by atoms with Gasteiger partial charge in [0.05, 0.1) is 0 Å². The van der Waals surface area contributed by atoms with Gasteiger partial charge >= 0.3 is 5.97 Å². The number of carbonyl (C=O) groups is 1. The summed E-state index contributed by atoms with van der Waals surface area (Å²) in [5, 5.41) is 8.99. The second-order valence-corrected chi connectivity index (χ2v) is 5.04. The van der Waals surface area contributed by atoms with Crippen molar-refractivity contribution in [2.75, 3.05) is 0 Å². The molecule has 0 amide bonds. The molecule has 0 aliphatic heterocycles. The molecular formula is C19H15NO2. The molecule has 0 atom stereocenters. The normalized spacial score (nSPS) is 10.6. The second-order valence-electron chi connectivity index (χ2n) is 5.04. The summed E-state index contributed by atoms with van der Waals surface area (Å²) < 4.78 is 0. The van der Waals surface area contributed by atoms with Crippen molar-refractivity contribution in [3.8, 4) is 0 Å². The van der Waals surface area contributed by atoms with Gasteiger partial charge in [0.1, 0.15) is 5.69 Å². The Morgan fingerprint density at radius 2 is 1.32 bits per heavy atom. The minimum atomic E-state index is -1.01. The molecule has 0 aliphatic rings. The third-order valence-electron chi connectivity index (χ3n) is 3.60. The number of carboxylic acids is 1. The van der Waals surface area contributed by atoms with Gasteiger partial charge in [0.15, 0.2) is 0 Å². The summed E-state index contributed by atoms with van der Waals surface area (Å²) in [5.41, 5.74) is 3.34. The molecule has 1 aromatic heterocycles. The molecule has 3 rings (SSSR count). The van der Waals surface area contributed by atoms with Crippen LogP contribution in [0.3, 0.4) is 0 Å². The van der Waals surface area contributed by atoms with E-state index in [1.54, 1.807) is 12.3 Å². The number of rotatable bonds is 4. The Bertz CT molecular complexity index is 713. The van der Waals surface area contributed by atoms with E-state index in [2.05, 4.69) is 29.2 Å². The highest BCUT2D eigenvalue weighted by Gasteiger charge is 2.17. The first kappa shape index (κ1) is 14.0. The van der Waals surface area contributed by atoms with Gasteiger partial charge in [-0.25, -0.2) is 9.78 Å². The molecular weight excluding hydrogens is 274 g/mol. The molecule has 0 saturated heterocycles. The van der Waals surface area contributed by atoms with Gasteiger partial charge in [-0.3, -0.25) is 0 Å². The standard InChI is InChI=1S/C19H15NO2/c21-19(22)17-12-11-16(13-20-17)18(14-7-3-1-4-8-14)15-9-5-2-6-10-15/h1-13,18H,(H,21,22). The summed E-state index contributed by atoms with van der Waals surface area (Å²) in [6.45, 7) is 0. The molecule has 0 unspecified atom stereocenters. The molecule has 1 N–H and O–H groups in total. The Morgan fingerprint density at radius 3 is 1.73 bits per heavy atom. The Balaban J connectivity index is 2.08. The zero-order valence-electron chi connectivity index (χ0n) is 11.9. The van der Waals surface area contributed by atoms with E-state index in [-0.39, 0.29) is 11.6 Å². The van der Waals surface area contributed by atoms with Gasteiger partial charge in [-0.1, -0.05) is 66.7 Å². The molecule has 3 nitrogen and oxygen atoms in total. The average molecular weight is 289 g/mol. The Morgan fingerprint density at radius 1 is 0.773 bits per heavy atom. The van der Waals surface area contributed by atoms with E-state index < -0.39 is 5.97 Å². The van der Waals surface area contributed by atoms with Crippen molar-refractivity contribution < 1.29 is 9.90 Å². The zero-order chi connectivity index (χ0) is 15.4. The second kappa shape index (κ2) is 6.22. The SMILES string of the molecule is O=C(O)c1ccc(C(c2ccccc2)c2ccccc2)cn1. The Hall–Kier alpha value is -2.94. The summed E-state index contributed by atoms with van der Waals surface area (Å²) in [6, 6.07) is 23.7. The van der Waals surface area contributed by atoms with Crippen molar-refractivity contribution in [1.29, 1.82) is 0 Å². The molecule has 1 heterocycles. The van der Waals surface area contributed by atoms with E-state index in [1.807, 2.05) is 42.5 Å². The topological polar surface area (TPSA) is 50.2 Å². The van der Waals surface area contributed by atoms with Crippen molar-refractivity contribution in [3.05, 3.63) is 101 Å². The molecule has 0 spiro atoms. The Labute approximate surface area is 128 Å². The zero-order valence-corrected chi connectivity index (χ0v) is 11.9. The predicted molar refractivity (Wildman–Crippen MR) is 85.0 cm³/mol. The number of pyridine rings is 1. The van der Waals surface area contributed by atoms with Crippen molar-refractivity contribution in [1.82, 2.24) is 4.98 Å². The fourth-order valence-corrected chi connectivity index (χ4v) is 2.57. The largest absolute Gasteiger partial charge is 0.477 e. The van der Waals surface area contributed by atoms with Gasteiger partial charge in [-0.2, -0.15) is 0 Å². The van der Waals surface area contributed by atoms with Crippen LogP contribution in [-0.4, -0.2) is 16.1 Å². The van der Waals surface area contributed by atoms with Crippen molar-refractivity contribution in [2.45, 2.75) is 5.92 Å². The highest BCUT2D eigenvalue weighted by Crippen LogP contribution is 2.31. The summed E-state index contributed by atoms with van der Waals surface area (Å²) in [7, 11) is 0. The van der Waals surface area contributed by atoms with Crippen LogP contribution in [0.15, 0.2) is 79.0 Å². The van der Waals surface area contributed by atoms with Crippen LogP contribution in [0.4, 0.5) is 0 Å². The number of aromatic carboxylic acids is 1.